The number of hydrogen-bond acceptors (Lipinski definition) is 5. The molecule has 2 amide bonds. The molecule has 0 aliphatic carbocycles. The van der Waals surface area contributed by atoms with E-state index >= 15 is 0 Å². The highest BCUT2D eigenvalue weighted by Gasteiger charge is 2.41. The molecular formula is C23H35N3O4. The van der Waals surface area contributed by atoms with E-state index in [1.165, 1.54) is 7.11 Å². The number of carbonyl (C=O) groups excluding carboxylic acids is 2. The highest BCUT2D eigenvalue weighted by atomic mass is 16.5. The van der Waals surface area contributed by atoms with E-state index in [0.29, 0.717) is 30.0 Å². The van der Waals surface area contributed by atoms with Crippen molar-refractivity contribution >= 4 is 11.8 Å². The second kappa shape index (κ2) is 8.46. The van der Waals surface area contributed by atoms with Crippen LogP contribution in [0.5, 0.6) is 11.5 Å². The van der Waals surface area contributed by atoms with Gasteiger partial charge in [0.2, 0.25) is 5.91 Å². The van der Waals surface area contributed by atoms with Gasteiger partial charge >= 0.3 is 0 Å². The molecule has 0 spiro atoms. The number of nitrogens with zero attached hydrogens (tertiary/aromatic N) is 1. The average Bonchev–Trinajstić information content (AvgIpc) is 3.14. The van der Waals surface area contributed by atoms with E-state index in [2.05, 4.69) is 38.3 Å². The molecule has 2 saturated heterocycles. The Morgan fingerprint density at radius 3 is 2.37 bits per heavy atom. The van der Waals surface area contributed by atoms with Crippen LogP contribution in [0.2, 0.25) is 0 Å². The second-order valence-corrected chi connectivity index (χ2v) is 9.73. The molecule has 0 radical (unpaired) electrons. The first-order chi connectivity index (χ1) is 14.0. The van der Waals surface area contributed by atoms with Crippen LogP contribution in [0.1, 0.15) is 63.7 Å². The fourth-order valence-corrected chi connectivity index (χ4v) is 5.13. The number of methoxy groups -OCH3 is 2. The third-order valence-electron chi connectivity index (χ3n) is 5.99. The summed E-state index contributed by atoms with van der Waals surface area (Å²) in [4.78, 5) is 28.1. The lowest BCUT2D eigenvalue weighted by Crippen LogP contribution is -2.63. The summed E-state index contributed by atoms with van der Waals surface area (Å²) in [6.45, 7) is 9.21. The van der Waals surface area contributed by atoms with E-state index in [0.717, 1.165) is 19.3 Å². The van der Waals surface area contributed by atoms with Gasteiger partial charge in [0.15, 0.2) is 0 Å². The molecule has 0 saturated carbocycles. The van der Waals surface area contributed by atoms with Crippen LogP contribution in [-0.2, 0) is 4.79 Å². The molecule has 7 nitrogen and oxygen atoms in total. The number of rotatable bonds is 5. The van der Waals surface area contributed by atoms with Crippen LogP contribution in [0.4, 0.5) is 0 Å². The number of carbonyl (C=O) groups is 2. The first kappa shape index (κ1) is 22.4. The minimum atomic E-state index is -0.453. The van der Waals surface area contributed by atoms with E-state index in [1.54, 1.807) is 30.2 Å². The monoisotopic (exact) mass is 417 g/mol. The van der Waals surface area contributed by atoms with Crippen molar-refractivity contribution in [2.24, 2.45) is 0 Å². The van der Waals surface area contributed by atoms with Crippen LogP contribution in [0.3, 0.4) is 0 Å². The fraction of sp³-hybridized carbons (Fsp3) is 0.652. The minimum Gasteiger partial charge on any atom is -0.497 e. The molecule has 1 unspecified atom stereocenters. The zero-order valence-corrected chi connectivity index (χ0v) is 19.0. The van der Waals surface area contributed by atoms with Crippen LogP contribution >= 0.6 is 0 Å². The van der Waals surface area contributed by atoms with Crippen LogP contribution in [-0.4, -0.2) is 60.6 Å². The normalized spacial score (nSPS) is 23.1. The number of amides is 2. The van der Waals surface area contributed by atoms with Crippen LogP contribution < -0.4 is 20.1 Å². The fourth-order valence-electron chi connectivity index (χ4n) is 5.13. The minimum absolute atomic E-state index is 0.0542. The molecule has 2 aliphatic heterocycles. The second-order valence-electron chi connectivity index (χ2n) is 9.73. The van der Waals surface area contributed by atoms with E-state index in [9.17, 15) is 9.59 Å². The summed E-state index contributed by atoms with van der Waals surface area (Å²) in [6.07, 6.45) is 3.20. The molecule has 30 heavy (non-hydrogen) atoms. The summed E-state index contributed by atoms with van der Waals surface area (Å²) in [5.41, 5.74) is 0.338. The quantitative estimate of drug-likeness (QED) is 0.770. The largest absolute Gasteiger partial charge is 0.497 e. The first-order valence-electron chi connectivity index (χ1n) is 10.7. The number of hydrogen-bond donors (Lipinski definition) is 2. The molecule has 1 atom stereocenters. The number of likely N-dealkylation sites (tertiary alicyclic amines) is 1. The van der Waals surface area contributed by atoms with Crippen molar-refractivity contribution in [3.05, 3.63) is 23.8 Å². The third-order valence-corrected chi connectivity index (χ3v) is 5.99. The molecule has 2 aliphatic rings. The lowest BCUT2D eigenvalue weighted by molar-refractivity contribution is -0.126. The van der Waals surface area contributed by atoms with Gasteiger partial charge in [-0.3, -0.25) is 9.59 Å². The Labute approximate surface area is 179 Å². The van der Waals surface area contributed by atoms with Crippen molar-refractivity contribution in [1.82, 2.24) is 15.5 Å². The van der Waals surface area contributed by atoms with Crippen molar-refractivity contribution in [1.29, 1.82) is 0 Å². The maximum absolute atomic E-state index is 13.3. The molecule has 2 fully saturated rings. The van der Waals surface area contributed by atoms with Gasteiger partial charge in [-0.25, -0.2) is 0 Å². The SMILES string of the molecule is COc1ccc(C(=O)N2CCCC2C(=O)NC2CC(C)(C)NC(C)(C)C2)c(OC)c1. The van der Waals surface area contributed by atoms with Gasteiger partial charge in [-0.15, -0.1) is 0 Å². The first-order valence-corrected chi connectivity index (χ1v) is 10.7. The Morgan fingerprint density at radius 1 is 1.10 bits per heavy atom. The third kappa shape index (κ3) is 4.89. The van der Waals surface area contributed by atoms with E-state index in [-0.39, 0.29) is 28.9 Å². The molecule has 1 aromatic carbocycles. The number of piperidine rings is 1. The Balaban J connectivity index is 1.74. The van der Waals surface area contributed by atoms with E-state index in [1.807, 2.05) is 0 Å². The summed E-state index contributed by atoms with van der Waals surface area (Å²) in [5, 5.41) is 6.87. The number of nitrogens with one attached hydrogen (secondary N) is 2. The van der Waals surface area contributed by atoms with Crippen molar-refractivity contribution in [3.8, 4) is 11.5 Å². The van der Waals surface area contributed by atoms with E-state index in [4.69, 9.17) is 9.47 Å². The molecule has 7 heteroatoms. The Bertz CT molecular complexity index is 790. The Kier molecular flexibility index (Phi) is 6.32. The van der Waals surface area contributed by atoms with Crippen LogP contribution in [0.15, 0.2) is 18.2 Å². The van der Waals surface area contributed by atoms with Gasteiger partial charge in [-0.1, -0.05) is 0 Å². The lowest BCUT2D eigenvalue weighted by atomic mass is 9.79. The van der Waals surface area contributed by atoms with Gasteiger partial charge in [0.05, 0.1) is 19.8 Å². The van der Waals surface area contributed by atoms with Crippen molar-refractivity contribution in [3.63, 3.8) is 0 Å². The smallest absolute Gasteiger partial charge is 0.258 e. The average molecular weight is 418 g/mol. The standard InChI is InChI=1S/C23H35N3O4/c1-22(2)13-15(14-23(3,4)25-22)24-20(27)18-8-7-11-26(18)21(28)17-10-9-16(29-5)12-19(17)30-6/h9-10,12,15,18,25H,7-8,11,13-14H2,1-6H3,(H,24,27). The van der Waals surface area contributed by atoms with Gasteiger partial charge in [-0.05, 0) is 65.5 Å². The summed E-state index contributed by atoms with van der Waals surface area (Å²) in [6, 6.07) is 4.75. The summed E-state index contributed by atoms with van der Waals surface area (Å²) in [7, 11) is 3.10. The highest BCUT2D eigenvalue weighted by Crippen LogP contribution is 2.31. The maximum atomic E-state index is 13.3. The lowest BCUT2D eigenvalue weighted by Gasteiger charge is -2.46. The zero-order valence-electron chi connectivity index (χ0n) is 19.0. The Hall–Kier alpha value is -2.28. The predicted octanol–water partition coefficient (Wildman–Crippen LogP) is 2.73. The van der Waals surface area contributed by atoms with Crippen molar-refractivity contribution < 1.29 is 19.1 Å². The van der Waals surface area contributed by atoms with Crippen molar-refractivity contribution in [2.45, 2.75) is 76.5 Å². The van der Waals surface area contributed by atoms with Gasteiger partial charge in [-0.2, -0.15) is 0 Å². The summed E-state index contributed by atoms with van der Waals surface area (Å²) in [5.74, 6) is 0.826. The zero-order chi connectivity index (χ0) is 22.1. The predicted molar refractivity (Wildman–Crippen MR) is 116 cm³/mol. The molecule has 3 rings (SSSR count). The molecule has 2 N–H and O–H groups in total. The number of ether oxygens (including phenoxy) is 2. The van der Waals surface area contributed by atoms with Gasteiger partial charge in [0.1, 0.15) is 17.5 Å². The van der Waals surface area contributed by atoms with E-state index < -0.39 is 6.04 Å². The van der Waals surface area contributed by atoms with Crippen molar-refractivity contribution in [2.75, 3.05) is 20.8 Å². The molecule has 0 bridgehead atoms. The molecule has 0 aromatic heterocycles. The number of benzene rings is 1. The van der Waals surface area contributed by atoms with Crippen LogP contribution in [0, 0.1) is 0 Å². The highest BCUT2D eigenvalue weighted by molar-refractivity contribution is 6.00. The molecule has 166 valence electrons. The van der Waals surface area contributed by atoms with Gasteiger partial charge < -0.3 is 25.0 Å². The Morgan fingerprint density at radius 2 is 1.77 bits per heavy atom. The van der Waals surface area contributed by atoms with Gasteiger partial charge in [0.25, 0.3) is 5.91 Å². The molecule has 1 aromatic rings. The summed E-state index contributed by atoms with van der Waals surface area (Å²) >= 11 is 0. The molecular weight excluding hydrogens is 382 g/mol. The topological polar surface area (TPSA) is 79.9 Å². The van der Waals surface area contributed by atoms with Gasteiger partial charge in [0, 0.05) is 29.7 Å². The maximum Gasteiger partial charge on any atom is 0.258 e. The summed E-state index contributed by atoms with van der Waals surface area (Å²) < 4.78 is 10.6. The molecule has 2 heterocycles. The van der Waals surface area contributed by atoms with Crippen LogP contribution in [0.25, 0.3) is 0 Å².